The Bertz CT molecular complexity index is 523. The molecule has 1 fully saturated rings. The molecular weight excluding hydrogens is 210 g/mol. The summed E-state index contributed by atoms with van der Waals surface area (Å²) in [5.41, 5.74) is 2.59. The van der Waals surface area contributed by atoms with Crippen molar-refractivity contribution in [1.29, 1.82) is 0 Å². The summed E-state index contributed by atoms with van der Waals surface area (Å²) in [6.45, 7) is 1.85. The molecule has 0 amide bonds. The number of hydrogen-bond donors (Lipinski definition) is 1. The fraction of sp³-hybridized carbons (Fsp3) is 0.467. The fourth-order valence-electron chi connectivity index (χ4n) is 2.73. The van der Waals surface area contributed by atoms with Gasteiger partial charge in [0.05, 0.1) is 6.10 Å². The Morgan fingerprint density at radius 3 is 2.82 bits per heavy atom. The minimum atomic E-state index is -0.271. The zero-order valence-corrected chi connectivity index (χ0v) is 10.3. The van der Waals surface area contributed by atoms with E-state index in [0.29, 0.717) is 6.04 Å². The minimum absolute atomic E-state index is 0.271. The highest BCUT2D eigenvalue weighted by Gasteiger charge is 2.20. The van der Waals surface area contributed by atoms with E-state index in [1.807, 2.05) is 6.92 Å². The third-order valence-corrected chi connectivity index (χ3v) is 3.84. The average molecular weight is 229 g/mol. The van der Waals surface area contributed by atoms with E-state index in [1.54, 1.807) is 0 Å². The minimum Gasteiger partial charge on any atom is -0.393 e. The number of fused-ring (bicyclic) bond motifs is 1. The quantitative estimate of drug-likeness (QED) is 0.858. The first-order chi connectivity index (χ1) is 8.25. The number of benzene rings is 1. The van der Waals surface area contributed by atoms with Crippen molar-refractivity contribution in [3.05, 3.63) is 36.0 Å². The van der Waals surface area contributed by atoms with Crippen molar-refractivity contribution in [3.8, 4) is 0 Å². The third-order valence-electron chi connectivity index (χ3n) is 3.84. The van der Waals surface area contributed by atoms with Crippen molar-refractivity contribution in [2.45, 2.75) is 44.8 Å². The van der Waals surface area contributed by atoms with Gasteiger partial charge in [-0.15, -0.1) is 0 Å². The van der Waals surface area contributed by atoms with E-state index in [2.05, 4.69) is 35.0 Å². The molecule has 1 heterocycles. The lowest BCUT2D eigenvalue weighted by Gasteiger charge is -2.28. The van der Waals surface area contributed by atoms with Crippen LogP contribution in [-0.4, -0.2) is 15.8 Å². The summed E-state index contributed by atoms with van der Waals surface area (Å²) < 4.78 is 2.41. The Kier molecular flexibility index (Phi) is 2.67. The monoisotopic (exact) mass is 229 g/mol. The van der Waals surface area contributed by atoms with Gasteiger partial charge in [0.25, 0.3) is 0 Å². The van der Waals surface area contributed by atoms with Crippen LogP contribution >= 0.6 is 0 Å². The molecule has 0 radical (unpaired) electrons. The average Bonchev–Trinajstić information content (AvgIpc) is 2.60. The molecule has 1 unspecified atom stereocenters. The highest BCUT2D eigenvalue weighted by molar-refractivity contribution is 5.84. The highest BCUT2D eigenvalue weighted by Crippen LogP contribution is 2.35. The second kappa shape index (κ2) is 4.19. The van der Waals surface area contributed by atoms with Crippen LogP contribution in [0.3, 0.4) is 0 Å². The first-order valence-corrected chi connectivity index (χ1v) is 6.52. The van der Waals surface area contributed by atoms with E-state index >= 15 is 0 Å². The second-order valence-corrected chi connectivity index (χ2v) is 5.21. The lowest BCUT2D eigenvalue weighted by atomic mass is 9.93. The Labute approximate surface area is 102 Å². The van der Waals surface area contributed by atoms with Gasteiger partial charge in [-0.3, -0.25) is 0 Å². The maximum absolute atomic E-state index is 9.53. The molecule has 1 aromatic carbocycles. The molecule has 3 rings (SSSR count). The molecule has 90 valence electrons. The topological polar surface area (TPSA) is 25.2 Å². The lowest BCUT2D eigenvalue weighted by Crippen LogP contribution is -2.15. The Morgan fingerprint density at radius 1 is 1.35 bits per heavy atom. The largest absolute Gasteiger partial charge is 0.393 e. The molecule has 0 bridgehead atoms. The van der Waals surface area contributed by atoms with E-state index in [-0.39, 0.29) is 6.10 Å². The predicted octanol–water partition coefficient (Wildman–Crippen LogP) is 3.29. The summed E-state index contributed by atoms with van der Waals surface area (Å²) in [4.78, 5) is 0. The van der Waals surface area contributed by atoms with Crippen molar-refractivity contribution in [3.63, 3.8) is 0 Å². The van der Waals surface area contributed by atoms with Gasteiger partial charge in [-0.2, -0.15) is 0 Å². The van der Waals surface area contributed by atoms with E-state index in [9.17, 15) is 5.11 Å². The molecule has 1 aliphatic rings. The van der Waals surface area contributed by atoms with Gasteiger partial charge in [-0.1, -0.05) is 12.1 Å². The zero-order chi connectivity index (χ0) is 11.8. The van der Waals surface area contributed by atoms with E-state index < -0.39 is 0 Å². The first-order valence-electron chi connectivity index (χ1n) is 6.52. The molecule has 1 atom stereocenters. The van der Waals surface area contributed by atoms with E-state index in [1.165, 1.54) is 35.7 Å². The van der Waals surface area contributed by atoms with Crippen molar-refractivity contribution in [1.82, 2.24) is 4.57 Å². The molecule has 2 heteroatoms. The van der Waals surface area contributed by atoms with Crippen LogP contribution < -0.4 is 0 Å². The van der Waals surface area contributed by atoms with E-state index in [0.717, 1.165) is 6.42 Å². The Balaban J connectivity index is 2.04. The van der Waals surface area contributed by atoms with Crippen LogP contribution in [0.25, 0.3) is 10.9 Å². The molecule has 0 spiro atoms. The maximum atomic E-state index is 9.53. The molecule has 2 aromatic rings. The van der Waals surface area contributed by atoms with Crippen LogP contribution in [0.2, 0.25) is 0 Å². The number of hydrogen-bond acceptors (Lipinski definition) is 1. The van der Waals surface area contributed by atoms with Gasteiger partial charge in [0.1, 0.15) is 0 Å². The smallest absolute Gasteiger partial charge is 0.0552 e. The summed E-state index contributed by atoms with van der Waals surface area (Å²) >= 11 is 0. The van der Waals surface area contributed by atoms with Crippen molar-refractivity contribution in [2.24, 2.45) is 0 Å². The normalized spacial score (nSPS) is 18.2. The summed E-state index contributed by atoms with van der Waals surface area (Å²) in [6.07, 6.45) is 6.66. The van der Waals surface area contributed by atoms with Crippen molar-refractivity contribution >= 4 is 10.9 Å². The Hall–Kier alpha value is -1.28. The summed E-state index contributed by atoms with van der Waals surface area (Å²) in [7, 11) is 0. The number of aromatic nitrogens is 1. The molecule has 1 saturated carbocycles. The molecule has 0 saturated heterocycles. The molecule has 1 aliphatic carbocycles. The van der Waals surface area contributed by atoms with Crippen LogP contribution in [0, 0.1) is 0 Å². The van der Waals surface area contributed by atoms with Gasteiger partial charge in [-0.05, 0) is 50.3 Å². The van der Waals surface area contributed by atoms with Crippen LogP contribution in [0.15, 0.2) is 30.5 Å². The first kappa shape index (κ1) is 10.8. The van der Waals surface area contributed by atoms with Gasteiger partial charge in [-0.25, -0.2) is 0 Å². The van der Waals surface area contributed by atoms with Crippen LogP contribution in [0.4, 0.5) is 0 Å². The van der Waals surface area contributed by atoms with Gasteiger partial charge in [0.2, 0.25) is 0 Å². The van der Waals surface area contributed by atoms with Crippen molar-refractivity contribution in [2.75, 3.05) is 0 Å². The van der Waals surface area contributed by atoms with Gasteiger partial charge in [0.15, 0.2) is 0 Å². The summed E-state index contributed by atoms with van der Waals surface area (Å²) in [5, 5.41) is 10.8. The lowest BCUT2D eigenvalue weighted by molar-refractivity contribution is 0.196. The number of rotatable bonds is 3. The standard InChI is InChI=1S/C15H19NO/c1-11(17)10-12-4-2-7-15-14(12)8-9-16(15)13-5-3-6-13/h2,4,7-9,11,13,17H,3,5-6,10H2,1H3. The molecule has 1 N–H and O–H groups in total. The second-order valence-electron chi connectivity index (χ2n) is 5.21. The van der Waals surface area contributed by atoms with Crippen molar-refractivity contribution < 1.29 is 5.11 Å². The SMILES string of the molecule is CC(O)Cc1cccc2c1ccn2C1CCC1. The van der Waals surface area contributed by atoms with Gasteiger partial charge in [0, 0.05) is 23.1 Å². The molecular formula is C15H19NO. The highest BCUT2D eigenvalue weighted by atomic mass is 16.3. The van der Waals surface area contributed by atoms with Crippen LogP contribution in [-0.2, 0) is 6.42 Å². The summed E-state index contributed by atoms with van der Waals surface area (Å²) in [5.74, 6) is 0. The molecule has 0 aliphatic heterocycles. The number of aliphatic hydroxyl groups excluding tert-OH is 1. The zero-order valence-electron chi connectivity index (χ0n) is 10.3. The number of aliphatic hydroxyl groups is 1. The van der Waals surface area contributed by atoms with Gasteiger partial charge < -0.3 is 9.67 Å². The van der Waals surface area contributed by atoms with Crippen LogP contribution in [0.1, 0.15) is 37.8 Å². The molecule has 17 heavy (non-hydrogen) atoms. The maximum Gasteiger partial charge on any atom is 0.0552 e. The molecule has 2 nitrogen and oxygen atoms in total. The summed E-state index contributed by atoms with van der Waals surface area (Å²) in [6, 6.07) is 9.33. The predicted molar refractivity (Wildman–Crippen MR) is 70.2 cm³/mol. The van der Waals surface area contributed by atoms with Crippen LogP contribution in [0.5, 0.6) is 0 Å². The third kappa shape index (κ3) is 1.87. The molecule has 1 aromatic heterocycles. The van der Waals surface area contributed by atoms with Gasteiger partial charge >= 0.3 is 0 Å². The number of nitrogens with zero attached hydrogens (tertiary/aromatic N) is 1. The van der Waals surface area contributed by atoms with E-state index in [4.69, 9.17) is 0 Å². The fourth-order valence-corrected chi connectivity index (χ4v) is 2.73. The Morgan fingerprint density at radius 2 is 2.18 bits per heavy atom.